The highest BCUT2D eigenvalue weighted by atomic mass is 15.1. The number of nitrogens with two attached hydrogens (primary N) is 1. The largest absolute Gasteiger partial charge is 0.399 e. The Balaban J connectivity index is 1.84. The van der Waals surface area contributed by atoms with Crippen molar-refractivity contribution in [1.29, 1.82) is 0 Å². The van der Waals surface area contributed by atoms with Crippen LogP contribution in [0.15, 0.2) is 73.2 Å². The van der Waals surface area contributed by atoms with E-state index in [0.717, 1.165) is 22.6 Å². The van der Waals surface area contributed by atoms with Gasteiger partial charge in [0.25, 0.3) is 0 Å². The number of rotatable bonds is 3. The highest BCUT2D eigenvalue weighted by Gasteiger charge is 2.09. The monoisotopic (exact) mass is 301 g/mol. The Morgan fingerprint density at radius 2 is 1.87 bits per heavy atom. The molecule has 0 fully saturated rings. The first-order valence-corrected chi connectivity index (χ1v) is 7.31. The maximum Gasteiger partial charge on any atom is 0.180 e. The lowest BCUT2D eigenvalue weighted by atomic mass is 10.1. The van der Waals surface area contributed by atoms with Gasteiger partial charge in [-0.25, -0.2) is 9.97 Å². The van der Waals surface area contributed by atoms with Crippen LogP contribution in [0.2, 0.25) is 0 Å². The standard InChI is InChI=1S/C18H15N5/c19-14-6-4-5-13(11-14)16-12-23-10-9-20-18(23)17(22-16)21-15-7-2-1-3-8-15/h1-12H,19H2,(H,21,22). The van der Waals surface area contributed by atoms with Crippen LogP contribution in [0.1, 0.15) is 0 Å². The summed E-state index contributed by atoms with van der Waals surface area (Å²) in [5.41, 5.74) is 10.2. The quantitative estimate of drug-likeness (QED) is 0.566. The third kappa shape index (κ3) is 2.60. The van der Waals surface area contributed by atoms with E-state index in [0.29, 0.717) is 11.5 Å². The SMILES string of the molecule is Nc1cccc(-c2cn3ccnc3c(Nc3ccccc3)n2)c1. The number of nitrogens with one attached hydrogen (secondary N) is 1. The number of nitrogen functional groups attached to an aromatic ring is 1. The van der Waals surface area contributed by atoms with Crippen molar-refractivity contribution in [3.8, 4) is 11.3 Å². The lowest BCUT2D eigenvalue weighted by Gasteiger charge is -2.10. The second kappa shape index (κ2) is 5.46. The van der Waals surface area contributed by atoms with Gasteiger partial charge in [-0.05, 0) is 24.3 Å². The van der Waals surface area contributed by atoms with Crippen molar-refractivity contribution in [3.63, 3.8) is 0 Å². The summed E-state index contributed by atoms with van der Waals surface area (Å²) in [6, 6.07) is 17.6. The highest BCUT2D eigenvalue weighted by molar-refractivity contribution is 5.74. The number of aromatic nitrogens is 3. The zero-order chi connectivity index (χ0) is 15.6. The van der Waals surface area contributed by atoms with Crippen molar-refractivity contribution in [3.05, 3.63) is 73.2 Å². The average Bonchev–Trinajstić information content (AvgIpc) is 3.05. The van der Waals surface area contributed by atoms with Gasteiger partial charge in [-0.1, -0.05) is 30.3 Å². The molecule has 3 N–H and O–H groups in total. The number of hydrogen-bond acceptors (Lipinski definition) is 4. The van der Waals surface area contributed by atoms with Gasteiger partial charge in [0.1, 0.15) is 0 Å². The molecular weight excluding hydrogens is 286 g/mol. The molecule has 0 saturated carbocycles. The number of anilines is 3. The molecule has 0 atom stereocenters. The van der Waals surface area contributed by atoms with Gasteiger partial charge in [0, 0.05) is 35.5 Å². The summed E-state index contributed by atoms with van der Waals surface area (Å²) >= 11 is 0. The fraction of sp³-hybridized carbons (Fsp3) is 0. The number of fused-ring (bicyclic) bond motifs is 1. The Hall–Kier alpha value is -3.34. The summed E-state index contributed by atoms with van der Waals surface area (Å²) in [5.74, 6) is 0.709. The van der Waals surface area contributed by atoms with Gasteiger partial charge in [0.15, 0.2) is 11.5 Å². The third-order valence-electron chi connectivity index (χ3n) is 3.59. The smallest absolute Gasteiger partial charge is 0.180 e. The maximum atomic E-state index is 5.89. The van der Waals surface area contributed by atoms with Gasteiger partial charge in [0.2, 0.25) is 0 Å². The normalized spacial score (nSPS) is 10.8. The first-order valence-electron chi connectivity index (χ1n) is 7.31. The molecule has 2 heterocycles. The molecule has 23 heavy (non-hydrogen) atoms. The lowest BCUT2D eigenvalue weighted by molar-refractivity contribution is 1.13. The molecule has 0 spiro atoms. The number of nitrogens with zero attached hydrogens (tertiary/aromatic N) is 3. The number of benzene rings is 2. The van der Waals surface area contributed by atoms with Crippen LogP contribution < -0.4 is 11.1 Å². The summed E-state index contributed by atoms with van der Waals surface area (Å²) in [6.07, 6.45) is 5.62. The van der Waals surface area contributed by atoms with Crippen LogP contribution in [-0.2, 0) is 0 Å². The second-order valence-corrected chi connectivity index (χ2v) is 5.25. The van der Waals surface area contributed by atoms with Gasteiger partial charge in [-0.2, -0.15) is 0 Å². The van der Waals surface area contributed by atoms with Crippen molar-refractivity contribution < 1.29 is 0 Å². The highest BCUT2D eigenvalue weighted by Crippen LogP contribution is 2.25. The molecule has 4 aromatic rings. The van der Waals surface area contributed by atoms with Crippen molar-refractivity contribution in [2.24, 2.45) is 0 Å². The molecule has 0 amide bonds. The molecule has 0 bridgehead atoms. The van der Waals surface area contributed by atoms with Crippen molar-refractivity contribution >= 4 is 22.8 Å². The fourth-order valence-corrected chi connectivity index (χ4v) is 2.51. The van der Waals surface area contributed by atoms with Crippen LogP contribution in [0.4, 0.5) is 17.2 Å². The van der Waals surface area contributed by atoms with E-state index in [2.05, 4.69) is 10.3 Å². The predicted octanol–water partition coefficient (Wildman–Crippen LogP) is 3.72. The van der Waals surface area contributed by atoms with E-state index in [1.54, 1.807) is 6.20 Å². The Morgan fingerprint density at radius 1 is 1.00 bits per heavy atom. The fourth-order valence-electron chi connectivity index (χ4n) is 2.51. The molecular formula is C18H15N5. The third-order valence-corrected chi connectivity index (χ3v) is 3.59. The van der Waals surface area contributed by atoms with Crippen molar-refractivity contribution in [1.82, 2.24) is 14.4 Å². The van der Waals surface area contributed by atoms with Crippen molar-refractivity contribution in [2.45, 2.75) is 0 Å². The summed E-state index contributed by atoms with van der Waals surface area (Å²) in [4.78, 5) is 9.11. The Kier molecular flexibility index (Phi) is 3.16. The molecule has 5 heteroatoms. The average molecular weight is 301 g/mol. The summed E-state index contributed by atoms with van der Waals surface area (Å²) in [7, 11) is 0. The topological polar surface area (TPSA) is 68.2 Å². The molecule has 0 radical (unpaired) electrons. The van der Waals surface area contributed by atoms with E-state index in [1.807, 2.05) is 71.4 Å². The molecule has 5 nitrogen and oxygen atoms in total. The minimum atomic E-state index is 0.709. The number of imidazole rings is 1. The van der Waals surface area contributed by atoms with Gasteiger partial charge >= 0.3 is 0 Å². The maximum absolute atomic E-state index is 5.89. The van der Waals surface area contributed by atoms with Crippen LogP contribution in [0.25, 0.3) is 16.9 Å². The van der Waals surface area contributed by atoms with E-state index in [-0.39, 0.29) is 0 Å². The molecule has 2 aromatic heterocycles. The van der Waals surface area contributed by atoms with Crippen LogP contribution >= 0.6 is 0 Å². The Morgan fingerprint density at radius 3 is 2.70 bits per heavy atom. The predicted molar refractivity (Wildman–Crippen MR) is 92.6 cm³/mol. The molecule has 112 valence electrons. The van der Waals surface area contributed by atoms with E-state index in [1.165, 1.54) is 0 Å². The Bertz CT molecular complexity index is 959. The molecule has 4 rings (SSSR count). The first-order chi connectivity index (χ1) is 11.3. The number of para-hydroxylation sites is 1. The van der Waals surface area contributed by atoms with Crippen LogP contribution in [-0.4, -0.2) is 14.4 Å². The van der Waals surface area contributed by atoms with Gasteiger partial charge < -0.3 is 15.5 Å². The minimum Gasteiger partial charge on any atom is -0.399 e. The zero-order valence-electron chi connectivity index (χ0n) is 12.3. The summed E-state index contributed by atoms with van der Waals surface area (Å²) < 4.78 is 1.96. The first kappa shape index (κ1) is 13.3. The van der Waals surface area contributed by atoms with Crippen LogP contribution in [0.3, 0.4) is 0 Å². The van der Waals surface area contributed by atoms with E-state index >= 15 is 0 Å². The molecule has 0 saturated heterocycles. The van der Waals surface area contributed by atoms with E-state index < -0.39 is 0 Å². The van der Waals surface area contributed by atoms with Gasteiger partial charge in [-0.3, -0.25) is 0 Å². The zero-order valence-corrected chi connectivity index (χ0v) is 12.3. The molecule has 0 aliphatic rings. The van der Waals surface area contributed by atoms with Gasteiger partial charge in [-0.15, -0.1) is 0 Å². The number of hydrogen-bond donors (Lipinski definition) is 2. The molecule has 2 aromatic carbocycles. The summed E-state index contributed by atoms with van der Waals surface area (Å²) in [5, 5.41) is 3.33. The molecule has 0 aliphatic heterocycles. The summed E-state index contributed by atoms with van der Waals surface area (Å²) in [6.45, 7) is 0. The van der Waals surface area contributed by atoms with Crippen molar-refractivity contribution in [2.75, 3.05) is 11.1 Å². The van der Waals surface area contributed by atoms with Crippen LogP contribution in [0.5, 0.6) is 0 Å². The lowest BCUT2D eigenvalue weighted by Crippen LogP contribution is -2.00. The Labute approximate surface area is 133 Å². The van der Waals surface area contributed by atoms with E-state index in [9.17, 15) is 0 Å². The van der Waals surface area contributed by atoms with Crippen LogP contribution in [0, 0.1) is 0 Å². The minimum absolute atomic E-state index is 0.709. The molecule has 0 aliphatic carbocycles. The second-order valence-electron chi connectivity index (χ2n) is 5.25. The molecule has 0 unspecified atom stereocenters. The van der Waals surface area contributed by atoms with E-state index in [4.69, 9.17) is 10.7 Å². The van der Waals surface area contributed by atoms with Gasteiger partial charge in [0.05, 0.1) is 5.69 Å².